The monoisotopic (exact) mass is 267 g/mol. The van der Waals surface area contributed by atoms with E-state index < -0.39 is 0 Å². The lowest BCUT2D eigenvalue weighted by atomic mass is 10.2. The number of nitrogens with zero attached hydrogens (tertiary/aromatic N) is 2. The largest absolute Gasteiger partial charge is 0.370 e. The number of pyridine rings is 1. The number of amides is 1. The van der Waals surface area contributed by atoms with Crippen LogP contribution in [0.25, 0.3) is 0 Å². The molecule has 1 atom stereocenters. The standard InChI is InChI=1S/C13H21N3OS/c1-10(9-18-4)7-14-12-6-5-11(8-15-12)13(17)16(2)3/h5-6,8,10H,7,9H2,1-4H3,(H,14,15). The summed E-state index contributed by atoms with van der Waals surface area (Å²) in [5.74, 6) is 2.53. The number of carbonyl (C=O) groups excluding carboxylic acids is 1. The van der Waals surface area contributed by atoms with Gasteiger partial charge in [-0.05, 0) is 30.1 Å². The summed E-state index contributed by atoms with van der Waals surface area (Å²) in [4.78, 5) is 17.5. The van der Waals surface area contributed by atoms with Gasteiger partial charge < -0.3 is 10.2 Å². The Morgan fingerprint density at radius 3 is 2.72 bits per heavy atom. The van der Waals surface area contributed by atoms with E-state index in [2.05, 4.69) is 23.5 Å². The number of thioether (sulfide) groups is 1. The van der Waals surface area contributed by atoms with Crippen molar-refractivity contribution < 1.29 is 4.79 Å². The van der Waals surface area contributed by atoms with Gasteiger partial charge in [-0.25, -0.2) is 4.98 Å². The van der Waals surface area contributed by atoms with Gasteiger partial charge in [-0.2, -0.15) is 11.8 Å². The molecule has 1 rings (SSSR count). The molecule has 0 saturated heterocycles. The van der Waals surface area contributed by atoms with Crippen LogP contribution in [0.1, 0.15) is 17.3 Å². The molecule has 1 aromatic heterocycles. The molecule has 1 unspecified atom stereocenters. The second kappa shape index (κ2) is 7.26. The normalized spacial score (nSPS) is 12.0. The Balaban J connectivity index is 2.53. The van der Waals surface area contributed by atoms with Crippen LogP contribution in [0.2, 0.25) is 0 Å². The van der Waals surface area contributed by atoms with Gasteiger partial charge in [0.15, 0.2) is 0 Å². The Hall–Kier alpha value is -1.23. The Kier molecular flexibility index (Phi) is 5.98. The van der Waals surface area contributed by atoms with Gasteiger partial charge in [-0.15, -0.1) is 0 Å². The maximum absolute atomic E-state index is 11.7. The predicted molar refractivity (Wildman–Crippen MR) is 78.3 cm³/mol. The van der Waals surface area contributed by atoms with Crippen LogP contribution in [0.4, 0.5) is 5.82 Å². The third-order valence-corrected chi connectivity index (χ3v) is 3.40. The van der Waals surface area contributed by atoms with E-state index in [4.69, 9.17) is 0 Å². The zero-order valence-electron chi connectivity index (χ0n) is 11.4. The van der Waals surface area contributed by atoms with Crippen LogP contribution < -0.4 is 5.32 Å². The molecule has 1 amide bonds. The summed E-state index contributed by atoms with van der Waals surface area (Å²) >= 11 is 1.84. The van der Waals surface area contributed by atoms with Gasteiger partial charge in [0.05, 0.1) is 5.56 Å². The number of rotatable bonds is 6. The maximum atomic E-state index is 11.7. The van der Waals surface area contributed by atoms with Crippen molar-refractivity contribution >= 4 is 23.5 Å². The van der Waals surface area contributed by atoms with Gasteiger partial charge in [0, 0.05) is 26.8 Å². The first-order valence-corrected chi connectivity index (χ1v) is 7.34. The molecular formula is C13H21N3OS. The topological polar surface area (TPSA) is 45.2 Å². The van der Waals surface area contributed by atoms with Crippen molar-refractivity contribution in [3.63, 3.8) is 0 Å². The van der Waals surface area contributed by atoms with Crippen LogP contribution >= 0.6 is 11.8 Å². The van der Waals surface area contributed by atoms with Crippen LogP contribution in [-0.2, 0) is 0 Å². The second-order valence-electron chi connectivity index (χ2n) is 4.57. The fourth-order valence-electron chi connectivity index (χ4n) is 1.51. The first-order chi connectivity index (χ1) is 8.54. The average Bonchev–Trinajstić information content (AvgIpc) is 2.36. The van der Waals surface area contributed by atoms with Crippen molar-refractivity contribution in [2.75, 3.05) is 38.0 Å². The zero-order valence-corrected chi connectivity index (χ0v) is 12.3. The molecule has 0 aliphatic heterocycles. The Bertz CT molecular complexity index is 378. The van der Waals surface area contributed by atoms with Gasteiger partial charge in [-0.1, -0.05) is 6.92 Å². The van der Waals surface area contributed by atoms with Crippen molar-refractivity contribution in [1.82, 2.24) is 9.88 Å². The SMILES string of the molecule is CSCC(C)CNc1ccc(C(=O)N(C)C)cn1. The summed E-state index contributed by atoms with van der Waals surface area (Å²) in [6.07, 6.45) is 3.72. The first-order valence-electron chi connectivity index (χ1n) is 5.95. The Morgan fingerprint density at radius 1 is 1.50 bits per heavy atom. The molecule has 0 bridgehead atoms. The summed E-state index contributed by atoms with van der Waals surface area (Å²) in [5.41, 5.74) is 0.614. The highest BCUT2D eigenvalue weighted by Gasteiger charge is 2.08. The van der Waals surface area contributed by atoms with Crippen molar-refractivity contribution in [2.45, 2.75) is 6.92 Å². The van der Waals surface area contributed by atoms with E-state index in [0.717, 1.165) is 18.1 Å². The molecule has 0 radical (unpaired) electrons. The number of aromatic nitrogens is 1. The number of hydrogen-bond acceptors (Lipinski definition) is 4. The van der Waals surface area contributed by atoms with Crippen molar-refractivity contribution in [1.29, 1.82) is 0 Å². The third kappa shape index (κ3) is 4.56. The predicted octanol–water partition coefficient (Wildman–Crippen LogP) is 2.19. The first kappa shape index (κ1) is 14.8. The molecule has 0 saturated carbocycles. The smallest absolute Gasteiger partial charge is 0.254 e. The molecule has 0 spiro atoms. The number of nitrogens with one attached hydrogen (secondary N) is 1. The molecular weight excluding hydrogens is 246 g/mol. The lowest BCUT2D eigenvalue weighted by Crippen LogP contribution is -2.22. The van der Waals surface area contributed by atoms with E-state index in [-0.39, 0.29) is 5.91 Å². The molecule has 100 valence electrons. The maximum Gasteiger partial charge on any atom is 0.254 e. The number of carbonyl (C=O) groups is 1. The Labute approximate surface area is 113 Å². The summed E-state index contributed by atoms with van der Waals surface area (Å²) in [5, 5.41) is 3.28. The summed E-state index contributed by atoms with van der Waals surface area (Å²) < 4.78 is 0. The number of hydrogen-bond donors (Lipinski definition) is 1. The van der Waals surface area contributed by atoms with Gasteiger partial charge >= 0.3 is 0 Å². The highest BCUT2D eigenvalue weighted by Crippen LogP contribution is 2.09. The minimum atomic E-state index is -0.0233. The highest BCUT2D eigenvalue weighted by molar-refractivity contribution is 7.98. The van der Waals surface area contributed by atoms with E-state index in [0.29, 0.717) is 11.5 Å². The minimum absolute atomic E-state index is 0.0233. The van der Waals surface area contributed by atoms with Gasteiger partial charge in [0.2, 0.25) is 0 Å². The van der Waals surface area contributed by atoms with Crippen LogP contribution in [0.3, 0.4) is 0 Å². The van der Waals surface area contributed by atoms with Gasteiger partial charge in [-0.3, -0.25) is 4.79 Å². The second-order valence-corrected chi connectivity index (χ2v) is 5.48. The summed E-state index contributed by atoms with van der Waals surface area (Å²) in [6.45, 7) is 3.10. The molecule has 0 aliphatic rings. The van der Waals surface area contributed by atoms with Crippen molar-refractivity contribution in [2.24, 2.45) is 5.92 Å². The fraction of sp³-hybridized carbons (Fsp3) is 0.538. The van der Waals surface area contributed by atoms with Crippen LogP contribution in [-0.4, -0.2) is 48.4 Å². The van der Waals surface area contributed by atoms with E-state index in [9.17, 15) is 4.79 Å². The summed E-state index contributed by atoms with van der Waals surface area (Å²) in [6, 6.07) is 3.65. The summed E-state index contributed by atoms with van der Waals surface area (Å²) in [7, 11) is 3.47. The molecule has 1 aromatic rings. The molecule has 1 N–H and O–H groups in total. The number of anilines is 1. The molecule has 0 aliphatic carbocycles. The van der Waals surface area contributed by atoms with E-state index in [1.54, 1.807) is 31.3 Å². The van der Waals surface area contributed by atoms with E-state index in [1.807, 2.05) is 17.8 Å². The van der Waals surface area contributed by atoms with Crippen LogP contribution in [0.5, 0.6) is 0 Å². The van der Waals surface area contributed by atoms with E-state index >= 15 is 0 Å². The van der Waals surface area contributed by atoms with E-state index in [1.165, 1.54) is 0 Å². The molecule has 0 aromatic carbocycles. The lowest BCUT2D eigenvalue weighted by Gasteiger charge is -2.13. The third-order valence-electron chi connectivity index (χ3n) is 2.50. The fourth-order valence-corrected chi connectivity index (χ4v) is 2.19. The molecule has 0 fully saturated rings. The van der Waals surface area contributed by atoms with Crippen molar-refractivity contribution in [3.05, 3.63) is 23.9 Å². The molecule has 18 heavy (non-hydrogen) atoms. The molecule has 1 heterocycles. The van der Waals surface area contributed by atoms with Crippen LogP contribution in [0.15, 0.2) is 18.3 Å². The average molecular weight is 267 g/mol. The van der Waals surface area contributed by atoms with Gasteiger partial charge in [0.1, 0.15) is 5.82 Å². The lowest BCUT2D eigenvalue weighted by molar-refractivity contribution is 0.0827. The van der Waals surface area contributed by atoms with Crippen LogP contribution in [0, 0.1) is 5.92 Å². The van der Waals surface area contributed by atoms with Crippen molar-refractivity contribution in [3.8, 4) is 0 Å². The molecule has 5 heteroatoms. The minimum Gasteiger partial charge on any atom is -0.370 e. The van der Waals surface area contributed by atoms with Gasteiger partial charge in [0.25, 0.3) is 5.91 Å². The Morgan fingerprint density at radius 2 is 2.22 bits per heavy atom. The molecule has 4 nitrogen and oxygen atoms in total. The zero-order chi connectivity index (χ0) is 13.5. The quantitative estimate of drug-likeness (QED) is 0.858. The highest BCUT2D eigenvalue weighted by atomic mass is 32.2.